The van der Waals surface area contributed by atoms with Gasteiger partial charge in [-0.3, -0.25) is 4.98 Å². The van der Waals surface area contributed by atoms with Crippen molar-refractivity contribution < 1.29 is 13.5 Å². The van der Waals surface area contributed by atoms with Crippen molar-refractivity contribution in [1.29, 1.82) is 0 Å². The minimum absolute atomic E-state index is 0.00640. The second kappa shape index (κ2) is 5.44. The van der Waals surface area contributed by atoms with Crippen LogP contribution in [-0.2, 0) is 10.0 Å². The Hall–Kier alpha value is -1.18. The quantitative estimate of drug-likeness (QED) is 0.779. The summed E-state index contributed by atoms with van der Waals surface area (Å²) >= 11 is 0. The van der Waals surface area contributed by atoms with Crippen LogP contribution in [0, 0.1) is 0 Å². The van der Waals surface area contributed by atoms with E-state index in [1.54, 1.807) is 6.92 Å². The minimum atomic E-state index is -3.63. The molecule has 1 rings (SSSR count). The molecule has 1 aromatic rings. The summed E-state index contributed by atoms with van der Waals surface area (Å²) in [5, 5.41) is 9.13. The Morgan fingerprint density at radius 1 is 1.59 bits per heavy atom. The van der Waals surface area contributed by atoms with Crippen molar-refractivity contribution in [3.8, 4) is 0 Å². The zero-order valence-corrected chi connectivity index (χ0v) is 10.7. The maximum absolute atomic E-state index is 12.1. The van der Waals surface area contributed by atoms with Gasteiger partial charge in [-0.2, -0.15) is 0 Å². The van der Waals surface area contributed by atoms with Crippen LogP contribution in [0.4, 0.5) is 5.69 Å². The molecule has 0 radical (unpaired) electrons. The van der Waals surface area contributed by atoms with Gasteiger partial charge in [-0.05, 0) is 19.4 Å². The molecule has 6 nitrogen and oxygen atoms in total. The van der Waals surface area contributed by atoms with Crippen LogP contribution >= 0.6 is 0 Å². The number of aromatic nitrogens is 1. The fourth-order valence-corrected chi connectivity index (χ4v) is 2.50. The third-order valence-corrected chi connectivity index (χ3v) is 4.27. The lowest BCUT2D eigenvalue weighted by Gasteiger charge is -2.18. The van der Waals surface area contributed by atoms with Gasteiger partial charge in [0.25, 0.3) is 0 Å². The number of sulfonamides is 1. The third-order valence-electron chi connectivity index (χ3n) is 2.37. The van der Waals surface area contributed by atoms with Crippen molar-refractivity contribution in [2.45, 2.75) is 24.3 Å². The molecule has 1 heterocycles. The highest BCUT2D eigenvalue weighted by Gasteiger charge is 2.23. The summed E-state index contributed by atoms with van der Waals surface area (Å²) in [5.41, 5.74) is 5.78. The summed E-state index contributed by atoms with van der Waals surface area (Å²) in [4.78, 5) is 3.75. The van der Waals surface area contributed by atoms with Crippen LogP contribution in [0.5, 0.6) is 0 Å². The first kappa shape index (κ1) is 13.9. The van der Waals surface area contributed by atoms with Crippen molar-refractivity contribution >= 4 is 15.7 Å². The second-order valence-corrected chi connectivity index (χ2v) is 5.89. The van der Waals surface area contributed by atoms with Gasteiger partial charge >= 0.3 is 0 Å². The number of aliphatic hydroxyl groups excluding tert-OH is 1. The van der Waals surface area contributed by atoms with E-state index in [2.05, 4.69) is 4.98 Å². The second-order valence-electron chi connectivity index (χ2n) is 3.88. The summed E-state index contributed by atoms with van der Waals surface area (Å²) in [6, 6.07) is 1.44. The average molecular weight is 259 g/mol. The van der Waals surface area contributed by atoms with E-state index in [0.29, 0.717) is 6.42 Å². The molecule has 1 atom stereocenters. The molecular formula is C10H17N3O3S. The Morgan fingerprint density at radius 2 is 2.24 bits per heavy atom. The average Bonchev–Trinajstić information content (AvgIpc) is 2.26. The lowest BCUT2D eigenvalue weighted by molar-refractivity contribution is 0.177. The third kappa shape index (κ3) is 3.39. The number of pyridine rings is 1. The van der Waals surface area contributed by atoms with E-state index in [4.69, 9.17) is 10.8 Å². The van der Waals surface area contributed by atoms with Crippen LogP contribution in [-0.4, -0.2) is 42.5 Å². The normalized spacial score (nSPS) is 13.9. The van der Waals surface area contributed by atoms with Crippen LogP contribution in [0.2, 0.25) is 0 Å². The predicted molar refractivity (Wildman–Crippen MR) is 64.8 cm³/mol. The molecule has 0 spiro atoms. The van der Waals surface area contributed by atoms with Gasteiger partial charge in [0.2, 0.25) is 10.0 Å². The van der Waals surface area contributed by atoms with E-state index in [1.807, 2.05) is 0 Å². The molecule has 0 aromatic carbocycles. The summed E-state index contributed by atoms with van der Waals surface area (Å²) in [6.45, 7) is 1.84. The largest absolute Gasteiger partial charge is 0.398 e. The number of anilines is 1. The molecule has 0 aliphatic carbocycles. The van der Waals surface area contributed by atoms with Crippen LogP contribution in [0.15, 0.2) is 23.4 Å². The smallest absolute Gasteiger partial charge is 0.246 e. The molecule has 1 unspecified atom stereocenters. The van der Waals surface area contributed by atoms with E-state index < -0.39 is 16.1 Å². The van der Waals surface area contributed by atoms with Gasteiger partial charge in [-0.1, -0.05) is 0 Å². The van der Waals surface area contributed by atoms with Crippen LogP contribution in [0.25, 0.3) is 0 Å². The number of nitrogen functional groups attached to an aromatic ring is 1. The summed E-state index contributed by atoms with van der Waals surface area (Å²) in [6.07, 6.45) is 2.49. The lowest BCUT2D eigenvalue weighted by atomic mass is 10.3. The van der Waals surface area contributed by atoms with Gasteiger partial charge < -0.3 is 10.8 Å². The topological polar surface area (TPSA) is 96.5 Å². The maximum atomic E-state index is 12.1. The number of rotatable bonds is 5. The highest BCUT2D eigenvalue weighted by Crippen LogP contribution is 2.19. The van der Waals surface area contributed by atoms with Crippen molar-refractivity contribution in [1.82, 2.24) is 9.29 Å². The molecule has 0 fully saturated rings. The summed E-state index contributed by atoms with van der Waals surface area (Å²) in [7, 11) is -2.18. The van der Waals surface area contributed by atoms with E-state index in [0.717, 1.165) is 4.31 Å². The predicted octanol–water partition coefficient (Wildman–Crippen LogP) is 0.0552. The number of aliphatic hydroxyl groups is 1. The zero-order valence-electron chi connectivity index (χ0n) is 9.87. The molecule has 3 N–H and O–H groups in total. The number of hydrogen-bond donors (Lipinski definition) is 2. The van der Waals surface area contributed by atoms with E-state index in [1.165, 1.54) is 25.5 Å². The van der Waals surface area contributed by atoms with Gasteiger partial charge in [0.1, 0.15) is 4.90 Å². The summed E-state index contributed by atoms with van der Waals surface area (Å²) < 4.78 is 25.3. The SMILES string of the molecule is CC(O)CCN(C)S(=O)(=O)c1cnccc1N. The fraction of sp³-hybridized carbons (Fsp3) is 0.500. The standard InChI is InChI=1S/C10H17N3O3S/c1-8(14)4-6-13(2)17(15,16)10-7-12-5-3-9(10)11/h3,5,7-8,14H,4,6H2,1-2H3,(H2,11,12). The van der Waals surface area contributed by atoms with Crippen LogP contribution in [0.1, 0.15) is 13.3 Å². The van der Waals surface area contributed by atoms with E-state index >= 15 is 0 Å². The Labute approximate surface area is 101 Å². The summed E-state index contributed by atoms with van der Waals surface area (Å²) in [5.74, 6) is 0. The molecule has 0 saturated carbocycles. The van der Waals surface area contributed by atoms with E-state index in [9.17, 15) is 8.42 Å². The minimum Gasteiger partial charge on any atom is -0.398 e. The number of nitrogens with two attached hydrogens (primary N) is 1. The molecule has 0 aliphatic rings. The van der Waals surface area contributed by atoms with E-state index in [-0.39, 0.29) is 17.1 Å². The van der Waals surface area contributed by atoms with Gasteiger partial charge in [-0.15, -0.1) is 0 Å². The Balaban J connectivity index is 2.92. The van der Waals surface area contributed by atoms with Gasteiger partial charge in [0, 0.05) is 26.0 Å². The first-order valence-corrected chi connectivity index (χ1v) is 6.63. The highest BCUT2D eigenvalue weighted by atomic mass is 32.2. The van der Waals surface area contributed by atoms with Crippen LogP contribution in [0.3, 0.4) is 0 Å². The lowest BCUT2D eigenvalue weighted by Crippen LogP contribution is -2.30. The maximum Gasteiger partial charge on any atom is 0.246 e. The highest BCUT2D eigenvalue weighted by molar-refractivity contribution is 7.89. The molecule has 7 heteroatoms. The molecule has 96 valence electrons. The van der Waals surface area contributed by atoms with Gasteiger partial charge in [0.15, 0.2) is 0 Å². The molecule has 0 aliphatic heterocycles. The van der Waals surface area contributed by atoms with Gasteiger partial charge in [0.05, 0.1) is 11.8 Å². The van der Waals surface area contributed by atoms with Crippen molar-refractivity contribution in [3.63, 3.8) is 0 Å². The molecule has 0 bridgehead atoms. The Morgan fingerprint density at radius 3 is 2.76 bits per heavy atom. The number of hydrogen-bond acceptors (Lipinski definition) is 5. The molecule has 17 heavy (non-hydrogen) atoms. The fourth-order valence-electron chi connectivity index (χ4n) is 1.26. The molecular weight excluding hydrogens is 242 g/mol. The zero-order chi connectivity index (χ0) is 13.1. The van der Waals surface area contributed by atoms with Crippen molar-refractivity contribution in [2.75, 3.05) is 19.3 Å². The Kier molecular flexibility index (Phi) is 4.44. The first-order chi connectivity index (χ1) is 7.85. The van der Waals surface area contributed by atoms with Crippen LogP contribution < -0.4 is 5.73 Å². The number of nitrogens with zero attached hydrogens (tertiary/aromatic N) is 2. The van der Waals surface area contributed by atoms with Gasteiger partial charge in [-0.25, -0.2) is 12.7 Å². The molecule has 0 amide bonds. The van der Waals surface area contributed by atoms with Crippen molar-refractivity contribution in [3.05, 3.63) is 18.5 Å². The Bertz CT molecular complexity index is 473. The monoisotopic (exact) mass is 259 g/mol. The first-order valence-electron chi connectivity index (χ1n) is 5.19. The van der Waals surface area contributed by atoms with Crippen molar-refractivity contribution in [2.24, 2.45) is 0 Å². The molecule has 1 aromatic heterocycles. The molecule has 0 saturated heterocycles.